The van der Waals surface area contributed by atoms with Crippen LogP contribution in [0.25, 0.3) is 0 Å². The molecule has 0 aromatic carbocycles. The summed E-state index contributed by atoms with van der Waals surface area (Å²) in [5.41, 5.74) is 0. The third-order valence-corrected chi connectivity index (χ3v) is 3.73. The van der Waals surface area contributed by atoms with Crippen LogP contribution < -0.4 is 5.32 Å². The minimum Gasteiger partial charge on any atom is -0.346 e. The minimum absolute atomic E-state index is 0.257. The average Bonchev–Trinajstić information content (AvgIpc) is 2.34. The Balaban J connectivity index is 2.14. The predicted octanol–water partition coefficient (Wildman–Crippen LogP) is 0.786. The number of nitrogens with one attached hydrogen (secondary N) is 1. The first-order valence-electron chi connectivity index (χ1n) is 6.70. The number of piperidine rings is 1. The van der Waals surface area contributed by atoms with Gasteiger partial charge in [-0.25, -0.2) is 0 Å². The molecular weight excluding hydrogens is 214 g/mol. The van der Waals surface area contributed by atoms with E-state index in [1.165, 1.54) is 25.9 Å². The second-order valence-electron chi connectivity index (χ2n) is 5.20. The summed E-state index contributed by atoms with van der Waals surface area (Å²) in [5.74, 6) is 1.07. The Morgan fingerprint density at radius 3 is 2.65 bits per heavy atom. The SMILES string of the molecule is CNCCC(=O)N(C)CCC1CCN(C)CC1. The van der Waals surface area contributed by atoms with Gasteiger partial charge in [-0.2, -0.15) is 0 Å². The maximum absolute atomic E-state index is 11.7. The third kappa shape index (κ3) is 5.50. The van der Waals surface area contributed by atoms with Gasteiger partial charge in [0.2, 0.25) is 5.91 Å². The first-order chi connectivity index (χ1) is 8.13. The van der Waals surface area contributed by atoms with Gasteiger partial charge in [-0.3, -0.25) is 4.79 Å². The molecule has 1 N–H and O–H groups in total. The van der Waals surface area contributed by atoms with Crippen LogP contribution in [0.1, 0.15) is 25.7 Å². The molecule has 0 aromatic heterocycles. The lowest BCUT2D eigenvalue weighted by Gasteiger charge is -2.30. The molecule has 4 heteroatoms. The van der Waals surface area contributed by atoms with E-state index in [1.807, 2.05) is 19.0 Å². The Hall–Kier alpha value is -0.610. The van der Waals surface area contributed by atoms with Crippen molar-refractivity contribution in [3.05, 3.63) is 0 Å². The zero-order valence-corrected chi connectivity index (χ0v) is 11.5. The van der Waals surface area contributed by atoms with E-state index in [4.69, 9.17) is 0 Å². The molecule has 1 heterocycles. The van der Waals surface area contributed by atoms with Gasteiger partial charge < -0.3 is 15.1 Å². The standard InChI is InChI=1S/C13H27N3O/c1-14-8-4-13(17)16(3)11-7-12-5-9-15(2)10-6-12/h12,14H,4-11H2,1-3H3. The van der Waals surface area contributed by atoms with Gasteiger partial charge in [-0.1, -0.05) is 0 Å². The molecule has 1 fully saturated rings. The molecule has 0 saturated carbocycles. The number of carbonyl (C=O) groups excluding carboxylic acids is 1. The van der Waals surface area contributed by atoms with Crippen LogP contribution in [-0.4, -0.2) is 63.0 Å². The van der Waals surface area contributed by atoms with E-state index in [2.05, 4.69) is 17.3 Å². The summed E-state index contributed by atoms with van der Waals surface area (Å²) in [7, 11) is 5.99. The van der Waals surface area contributed by atoms with Crippen molar-refractivity contribution in [2.45, 2.75) is 25.7 Å². The smallest absolute Gasteiger partial charge is 0.223 e. The van der Waals surface area contributed by atoms with E-state index in [-0.39, 0.29) is 5.91 Å². The molecule has 0 aliphatic carbocycles. The molecule has 1 amide bonds. The Labute approximate surface area is 105 Å². The van der Waals surface area contributed by atoms with Crippen molar-refractivity contribution in [1.82, 2.24) is 15.1 Å². The van der Waals surface area contributed by atoms with Crippen LogP contribution >= 0.6 is 0 Å². The summed E-state index contributed by atoms with van der Waals surface area (Å²) in [6.07, 6.45) is 4.35. The zero-order valence-electron chi connectivity index (χ0n) is 11.5. The lowest BCUT2D eigenvalue weighted by atomic mass is 9.94. The van der Waals surface area contributed by atoms with Crippen molar-refractivity contribution in [2.24, 2.45) is 5.92 Å². The number of amides is 1. The number of nitrogens with zero attached hydrogens (tertiary/aromatic N) is 2. The molecular formula is C13H27N3O. The van der Waals surface area contributed by atoms with E-state index < -0.39 is 0 Å². The van der Waals surface area contributed by atoms with Crippen LogP contribution in [0, 0.1) is 5.92 Å². The normalized spacial score (nSPS) is 18.3. The fraction of sp³-hybridized carbons (Fsp3) is 0.923. The highest BCUT2D eigenvalue weighted by atomic mass is 16.2. The molecule has 1 aliphatic rings. The highest BCUT2D eigenvalue weighted by Gasteiger charge is 2.17. The van der Waals surface area contributed by atoms with Gasteiger partial charge in [-0.05, 0) is 52.4 Å². The molecule has 0 unspecified atom stereocenters. The molecule has 100 valence electrons. The number of hydrogen-bond donors (Lipinski definition) is 1. The Morgan fingerprint density at radius 1 is 1.41 bits per heavy atom. The van der Waals surface area contributed by atoms with Crippen molar-refractivity contribution >= 4 is 5.91 Å². The Kier molecular flexibility index (Phi) is 6.52. The van der Waals surface area contributed by atoms with E-state index in [9.17, 15) is 4.79 Å². The van der Waals surface area contributed by atoms with Gasteiger partial charge in [0, 0.05) is 26.6 Å². The van der Waals surface area contributed by atoms with Gasteiger partial charge in [0.05, 0.1) is 0 Å². The summed E-state index contributed by atoms with van der Waals surface area (Å²) in [6.45, 7) is 4.11. The van der Waals surface area contributed by atoms with Crippen molar-refractivity contribution in [2.75, 3.05) is 47.3 Å². The first-order valence-corrected chi connectivity index (χ1v) is 6.70. The molecule has 0 bridgehead atoms. The molecule has 1 saturated heterocycles. The van der Waals surface area contributed by atoms with E-state index in [0.29, 0.717) is 6.42 Å². The first kappa shape index (κ1) is 14.5. The summed E-state index contributed by atoms with van der Waals surface area (Å²) in [5, 5.41) is 3.01. The maximum Gasteiger partial charge on any atom is 0.223 e. The van der Waals surface area contributed by atoms with Crippen LogP contribution in [0.2, 0.25) is 0 Å². The summed E-state index contributed by atoms with van der Waals surface area (Å²) in [6, 6.07) is 0. The van der Waals surface area contributed by atoms with Crippen molar-refractivity contribution in [3.8, 4) is 0 Å². The predicted molar refractivity (Wildman–Crippen MR) is 71.0 cm³/mol. The van der Waals surface area contributed by atoms with E-state index >= 15 is 0 Å². The van der Waals surface area contributed by atoms with Crippen molar-refractivity contribution < 1.29 is 4.79 Å². The summed E-state index contributed by atoms with van der Waals surface area (Å²) in [4.78, 5) is 16.0. The molecule has 17 heavy (non-hydrogen) atoms. The summed E-state index contributed by atoms with van der Waals surface area (Å²) >= 11 is 0. The summed E-state index contributed by atoms with van der Waals surface area (Å²) < 4.78 is 0. The number of hydrogen-bond acceptors (Lipinski definition) is 3. The molecule has 0 spiro atoms. The Bertz CT molecular complexity index is 225. The minimum atomic E-state index is 0.257. The van der Waals surface area contributed by atoms with Crippen LogP contribution in [-0.2, 0) is 4.79 Å². The largest absolute Gasteiger partial charge is 0.346 e. The molecule has 0 radical (unpaired) electrons. The van der Waals surface area contributed by atoms with Gasteiger partial charge in [0.25, 0.3) is 0 Å². The fourth-order valence-corrected chi connectivity index (χ4v) is 2.27. The second-order valence-corrected chi connectivity index (χ2v) is 5.20. The monoisotopic (exact) mass is 241 g/mol. The van der Waals surface area contributed by atoms with Crippen LogP contribution in [0.3, 0.4) is 0 Å². The molecule has 0 atom stereocenters. The van der Waals surface area contributed by atoms with Crippen molar-refractivity contribution in [3.63, 3.8) is 0 Å². The number of rotatable bonds is 6. The molecule has 1 rings (SSSR count). The van der Waals surface area contributed by atoms with Gasteiger partial charge in [-0.15, -0.1) is 0 Å². The van der Waals surface area contributed by atoms with E-state index in [0.717, 1.165) is 25.4 Å². The highest BCUT2D eigenvalue weighted by molar-refractivity contribution is 5.75. The van der Waals surface area contributed by atoms with Crippen LogP contribution in [0.15, 0.2) is 0 Å². The molecule has 1 aliphatic heterocycles. The van der Waals surface area contributed by atoms with Gasteiger partial charge in [0.15, 0.2) is 0 Å². The lowest BCUT2D eigenvalue weighted by Crippen LogP contribution is -2.34. The Morgan fingerprint density at radius 2 is 2.06 bits per heavy atom. The maximum atomic E-state index is 11.7. The molecule has 4 nitrogen and oxygen atoms in total. The fourth-order valence-electron chi connectivity index (χ4n) is 2.27. The third-order valence-electron chi connectivity index (χ3n) is 3.73. The topological polar surface area (TPSA) is 35.6 Å². The zero-order chi connectivity index (χ0) is 12.7. The highest BCUT2D eigenvalue weighted by Crippen LogP contribution is 2.19. The number of carbonyl (C=O) groups is 1. The number of likely N-dealkylation sites (tertiary alicyclic amines) is 1. The van der Waals surface area contributed by atoms with E-state index in [1.54, 1.807) is 0 Å². The van der Waals surface area contributed by atoms with Crippen LogP contribution in [0.5, 0.6) is 0 Å². The lowest BCUT2D eigenvalue weighted by molar-refractivity contribution is -0.129. The van der Waals surface area contributed by atoms with Crippen molar-refractivity contribution in [1.29, 1.82) is 0 Å². The second kappa shape index (κ2) is 7.67. The van der Waals surface area contributed by atoms with Gasteiger partial charge in [0.1, 0.15) is 0 Å². The quantitative estimate of drug-likeness (QED) is 0.747. The molecule has 0 aromatic rings. The van der Waals surface area contributed by atoms with Crippen LogP contribution in [0.4, 0.5) is 0 Å². The van der Waals surface area contributed by atoms with Gasteiger partial charge >= 0.3 is 0 Å². The average molecular weight is 241 g/mol.